The summed E-state index contributed by atoms with van der Waals surface area (Å²) in [4.78, 5) is 13.5. The van der Waals surface area contributed by atoms with E-state index in [1.54, 1.807) is 6.26 Å². The van der Waals surface area contributed by atoms with Crippen molar-refractivity contribution in [3.63, 3.8) is 0 Å². The molecule has 1 aliphatic heterocycles. The smallest absolute Gasteiger partial charge is 0.234 e. The molecule has 16 heavy (non-hydrogen) atoms. The Kier molecular flexibility index (Phi) is 3.58. The molecule has 0 saturated carbocycles. The van der Waals surface area contributed by atoms with Crippen LogP contribution in [0.1, 0.15) is 12.2 Å². The van der Waals surface area contributed by atoms with Gasteiger partial charge in [0, 0.05) is 12.6 Å². The van der Waals surface area contributed by atoms with Crippen molar-refractivity contribution >= 4 is 5.91 Å². The second-order valence-electron chi connectivity index (χ2n) is 4.09. The minimum Gasteiger partial charge on any atom is -0.468 e. The Morgan fingerprint density at radius 2 is 2.50 bits per heavy atom. The molecule has 1 aliphatic rings. The molecule has 3 N–H and O–H groups in total. The van der Waals surface area contributed by atoms with Gasteiger partial charge in [-0.3, -0.25) is 9.69 Å². The third-order valence-corrected chi connectivity index (χ3v) is 2.69. The summed E-state index contributed by atoms with van der Waals surface area (Å²) in [5, 5.41) is 2.94. The van der Waals surface area contributed by atoms with Crippen molar-refractivity contribution in [1.82, 2.24) is 10.2 Å². The molecule has 1 atom stereocenters. The van der Waals surface area contributed by atoms with Crippen molar-refractivity contribution in [3.8, 4) is 0 Å². The molecule has 5 heteroatoms. The quantitative estimate of drug-likeness (QED) is 0.749. The van der Waals surface area contributed by atoms with E-state index in [1.807, 2.05) is 12.1 Å². The minimum absolute atomic E-state index is 0.0660. The van der Waals surface area contributed by atoms with E-state index < -0.39 is 0 Å². The second kappa shape index (κ2) is 5.14. The Morgan fingerprint density at radius 3 is 3.19 bits per heavy atom. The number of amides is 1. The van der Waals surface area contributed by atoms with Crippen LogP contribution in [-0.2, 0) is 11.3 Å². The predicted octanol–water partition coefficient (Wildman–Crippen LogP) is -0.0712. The molecule has 1 amide bonds. The number of nitrogens with two attached hydrogens (primary N) is 1. The van der Waals surface area contributed by atoms with Crippen molar-refractivity contribution < 1.29 is 9.21 Å². The van der Waals surface area contributed by atoms with Crippen molar-refractivity contribution in [1.29, 1.82) is 0 Å². The van der Waals surface area contributed by atoms with E-state index in [2.05, 4.69) is 10.2 Å². The Labute approximate surface area is 94.6 Å². The molecule has 1 saturated heterocycles. The van der Waals surface area contributed by atoms with Gasteiger partial charge in [-0.25, -0.2) is 0 Å². The number of carbonyl (C=O) groups is 1. The van der Waals surface area contributed by atoms with Crippen molar-refractivity contribution in [3.05, 3.63) is 24.2 Å². The van der Waals surface area contributed by atoms with Gasteiger partial charge in [-0.2, -0.15) is 0 Å². The summed E-state index contributed by atoms with van der Waals surface area (Å²) >= 11 is 0. The Balaban J connectivity index is 1.91. The Bertz CT molecular complexity index is 337. The van der Waals surface area contributed by atoms with Gasteiger partial charge < -0.3 is 15.5 Å². The van der Waals surface area contributed by atoms with Crippen LogP contribution in [0.15, 0.2) is 22.8 Å². The van der Waals surface area contributed by atoms with E-state index in [1.165, 1.54) is 0 Å². The summed E-state index contributed by atoms with van der Waals surface area (Å²) in [6.07, 6.45) is 2.47. The highest BCUT2D eigenvalue weighted by Gasteiger charge is 2.24. The SMILES string of the molecule is NCCC1CN(Cc2ccco2)CC(=O)N1. The zero-order valence-electron chi connectivity index (χ0n) is 9.19. The van der Waals surface area contributed by atoms with Crippen molar-refractivity contribution in [2.24, 2.45) is 5.73 Å². The highest BCUT2D eigenvalue weighted by Crippen LogP contribution is 2.09. The maximum atomic E-state index is 11.5. The van der Waals surface area contributed by atoms with E-state index in [4.69, 9.17) is 10.2 Å². The maximum absolute atomic E-state index is 11.5. The largest absolute Gasteiger partial charge is 0.468 e. The molecule has 88 valence electrons. The molecule has 0 radical (unpaired) electrons. The molecule has 0 bridgehead atoms. The van der Waals surface area contributed by atoms with Gasteiger partial charge in [-0.15, -0.1) is 0 Å². The van der Waals surface area contributed by atoms with Crippen LogP contribution in [0.4, 0.5) is 0 Å². The lowest BCUT2D eigenvalue weighted by Crippen LogP contribution is -2.54. The van der Waals surface area contributed by atoms with Crippen LogP contribution in [0, 0.1) is 0 Å². The van der Waals surface area contributed by atoms with Gasteiger partial charge in [0.2, 0.25) is 5.91 Å². The third kappa shape index (κ3) is 2.84. The highest BCUT2D eigenvalue weighted by atomic mass is 16.3. The Morgan fingerprint density at radius 1 is 1.62 bits per heavy atom. The van der Waals surface area contributed by atoms with Gasteiger partial charge in [0.25, 0.3) is 0 Å². The first kappa shape index (κ1) is 11.2. The number of nitrogens with one attached hydrogen (secondary N) is 1. The fourth-order valence-electron chi connectivity index (χ4n) is 2.01. The van der Waals surface area contributed by atoms with Gasteiger partial charge in [0.15, 0.2) is 0 Å². The monoisotopic (exact) mass is 223 g/mol. The van der Waals surface area contributed by atoms with E-state index >= 15 is 0 Å². The Hall–Kier alpha value is -1.33. The van der Waals surface area contributed by atoms with E-state index in [9.17, 15) is 4.79 Å². The standard InChI is InChI=1S/C11H17N3O2/c12-4-3-9-6-14(8-11(15)13-9)7-10-2-1-5-16-10/h1-2,5,9H,3-4,6-8,12H2,(H,13,15). The zero-order valence-corrected chi connectivity index (χ0v) is 9.19. The molecule has 0 aromatic carbocycles. The lowest BCUT2D eigenvalue weighted by atomic mass is 10.1. The summed E-state index contributed by atoms with van der Waals surface area (Å²) in [6.45, 7) is 2.55. The maximum Gasteiger partial charge on any atom is 0.234 e. The number of furan rings is 1. The van der Waals surface area contributed by atoms with Gasteiger partial charge >= 0.3 is 0 Å². The first-order valence-electron chi connectivity index (χ1n) is 5.52. The van der Waals surface area contributed by atoms with Crippen molar-refractivity contribution in [2.45, 2.75) is 19.0 Å². The number of nitrogens with zero attached hydrogens (tertiary/aromatic N) is 1. The van der Waals surface area contributed by atoms with E-state index in [0.29, 0.717) is 19.6 Å². The molecular weight excluding hydrogens is 206 g/mol. The molecular formula is C11H17N3O2. The van der Waals surface area contributed by atoms with Crippen LogP contribution in [0.25, 0.3) is 0 Å². The molecule has 1 fully saturated rings. The third-order valence-electron chi connectivity index (χ3n) is 2.69. The summed E-state index contributed by atoms with van der Waals surface area (Å²) < 4.78 is 5.27. The molecule has 1 aromatic heterocycles. The first-order chi connectivity index (χ1) is 7.78. The topological polar surface area (TPSA) is 71.5 Å². The molecule has 1 unspecified atom stereocenters. The van der Waals surface area contributed by atoms with Gasteiger partial charge in [-0.1, -0.05) is 0 Å². The molecule has 0 spiro atoms. The fourth-order valence-corrected chi connectivity index (χ4v) is 2.01. The minimum atomic E-state index is 0.0660. The number of piperazine rings is 1. The van der Waals surface area contributed by atoms with Crippen molar-refractivity contribution in [2.75, 3.05) is 19.6 Å². The number of hydrogen-bond acceptors (Lipinski definition) is 4. The lowest BCUT2D eigenvalue weighted by Gasteiger charge is -2.32. The molecule has 2 rings (SSSR count). The number of rotatable bonds is 4. The second-order valence-corrected chi connectivity index (χ2v) is 4.09. The number of hydrogen-bond donors (Lipinski definition) is 2. The van der Waals surface area contributed by atoms with Crippen LogP contribution >= 0.6 is 0 Å². The fraction of sp³-hybridized carbons (Fsp3) is 0.545. The predicted molar refractivity (Wildman–Crippen MR) is 59.6 cm³/mol. The summed E-state index contributed by atoms with van der Waals surface area (Å²) in [6, 6.07) is 3.95. The normalized spacial score (nSPS) is 22.1. The van der Waals surface area contributed by atoms with Gasteiger partial charge in [0.1, 0.15) is 5.76 Å². The zero-order chi connectivity index (χ0) is 11.4. The van der Waals surface area contributed by atoms with Gasteiger partial charge in [-0.05, 0) is 25.1 Å². The van der Waals surface area contributed by atoms with Gasteiger partial charge in [0.05, 0.1) is 19.4 Å². The van der Waals surface area contributed by atoms with E-state index in [0.717, 1.165) is 18.7 Å². The van der Waals surface area contributed by atoms with Crippen LogP contribution in [0.2, 0.25) is 0 Å². The average Bonchev–Trinajstić information content (AvgIpc) is 2.70. The van der Waals surface area contributed by atoms with Crippen LogP contribution < -0.4 is 11.1 Å². The molecule has 5 nitrogen and oxygen atoms in total. The van der Waals surface area contributed by atoms with Crippen LogP contribution in [-0.4, -0.2) is 36.5 Å². The average molecular weight is 223 g/mol. The summed E-state index contributed by atoms with van der Waals surface area (Å²) in [5.74, 6) is 0.956. The lowest BCUT2D eigenvalue weighted by molar-refractivity contribution is -0.125. The summed E-state index contributed by atoms with van der Waals surface area (Å²) in [7, 11) is 0. The summed E-state index contributed by atoms with van der Waals surface area (Å²) in [5.41, 5.74) is 5.50. The highest BCUT2D eigenvalue weighted by molar-refractivity contribution is 5.79. The molecule has 2 heterocycles. The van der Waals surface area contributed by atoms with E-state index in [-0.39, 0.29) is 11.9 Å². The van der Waals surface area contributed by atoms with Crippen LogP contribution in [0.3, 0.4) is 0 Å². The molecule has 0 aliphatic carbocycles. The first-order valence-corrected chi connectivity index (χ1v) is 5.52. The number of carbonyl (C=O) groups excluding carboxylic acids is 1. The molecule has 1 aromatic rings. The van der Waals surface area contributed by atoms with Crippen LogP contribution in [0.5, 0.6) is 0 Å².